The Hall–Kier alpha value is -2.51. The lowest BCUT2D eigenvalue weighted by atomic mass is 10.2. The lowest BCUT2D eigenvalue weighted by molar-refractivity contribution is -0.114. The van der Waals surface area contributed by atoms with Gasteiger partial charge in [-0.2, -0.15) is 0 Å². The Balaban J connectivity index is 2.03. The summed E-state index contributed by atoms with van der Waals surface area (Å²) in [5.74, 6) is 0.188. The van der Waals surface area contributed by atoms with Gasteiger partial charge in [0.2, 0.25) is 5.91 Å². The number of aromatic hydroxyl groups is 1. The highest BCUT2D eigenvalue weighted by molar-refractivity contribution is 7.80. The standard InChI is InChI=1S/C16H16ClN3O3S/c1-9(21)18-10-3-5-11(6-4-10)19-16(24)20-13-7-12(17)15(23-2)8-14(13)22/h3-8,22H,1-2H3,(H,18,21)(H2,19,20,24). The first-order valence-electron chi connectivity index (χ1n) is 6.91. The van der Waals surface area contributed by atoms with Crippen molar-refractivity contribution >= 4 is 51.9 Å². The Bertz CT molecular complexity index is 766. The third-order valence-electron chi connectivity index (χ3n) is 2.98. The van der Waals surface area contributed by atoms with Crippen LogP contribution < -0.4 is 20.7 Å². The zero-order chi connectivity index (χ0) is 17.7. The van der Waals surface area contributed by atoms with Crippen molar-refractivity contribution in [2.24, 2.45) is 0 Å². The summed E-state index contributed by atoms with van der Waals surface area (Å²) in [7, 11) is 1.46. The van der Waals surface area contributed by atoms with Crippen molar-refractivity contribution in [3.05, 3.63) is 41.4 Å². The summed E-state index contributed by atoms with van der Waals surface area (Å²) in [6.07, 6.45) is 0. The van der Waals surface area contributed by atoms with Gasteiger partial charge in [-0.25, -0.2) is 0 Å². The van der Waals surface area contributed by atoms with E-state index in [1.165, 1.54) is 26.2 Å². The molecule has 2 aromatic rings. The van der Waals surface area contributed by atoms with E-state index in [1.807, 2.05) is 0 Å². The van der Waals surface area contributed by atoms with Crippen LogP contribution in [0.15, 0.2) is 36.4 Å². The fourth-order valence-electron chi connectivity index (χ4n) is 1.92. The summed E-state index contributed by atoms with van der Waals surface area (Å²) in [6, 6.07) is 9.93. The monoisotopic (exact) mass is 365 g/mol. The number of rotatable bonds is 4. The lowest BCUT2D eigenvalue weighted by Gasteiger charge is -2.13. The number of carbonyl (C=O) groups is 1. The molecule has 0 saturated carbocycles. The van der Waals surface area contributed by atoms with E-state index in [2.05, 4.69) is 16.0 Å². The first kappa shape index (κ1) is 17.8. The molecule has 6 nitrogen and oxygen atoms in total. The molecule has 0 bridgehead atoms. The SMILES string of the molecule is COc1cc(O)c(NC(=S)Nc2ccc(NC(C)=O)cc2)cc1Cl. The molecule has 0 atom stereocenters. The Morgan fingerprint density at radius 1 is 1.12 bits per heavy atom. The van der Waals surface area contributed by atoms with Crippen LogP contribution in [0.3, 0.4) is 0 Å². The third-order valence-corrected chi connectivity index (χ3v) is 3.48. The minimum Gasteiger partial charge on any atom is -0.506 e. The van der Waals surface area contributed by atoms with E-state index in [4.69, 9.17) is 28.6 Å². The maximum Gasteiger partial charge on any atom is 0.221 e. The number of phenols is 1. The van der Waals surface area contributed by atoms with Gasteiger partial charge in [-0.05, 0) is 42.5 Å². The fraction of sp³-hybridized carbons (Fsp3) is 0.125. The van der Waals surface area contributed by atoms with Crippen molar-refractivity contribution in [3.63, 3.8) is 0 Å². The van der Waals surface area contributed by atoms with Gasteiger partial charge in [0.1, 0.15) is 11.5 Å². The molecular weight excluding hydrogens is 350 g/mol. The number of hydrogen-bond acceptors (Lipinski definition) is 4. The number of thiocarbonyl (C=S) groups is 1. The van der Waals surface area contributed by atoms with Crippen LogP contribution >= 0.6 is 23.8 Å². The lowest BCUT2D eigenvalue weighted by Crippen LogP contribution is -2.19. The molecule has 0 aromatic heterocycles. The van der Waals surface area contributed by atoms with Gasteiger partial charge in [0.15, 0.2) is 5.11 Å². The molecule has 0 saturated heterocycles. The summed E-state index contributed by atoms with van der Waals surface area (Å²) in [6.45, 7) is 1.44. The third kappa shape index (κ3) is 4.74. The van der Waals surface area contributed by atoms with Crippen molar-refractivity contribution < 1.29 is 14.6 Å². The number of phenolic OH excluding ortho intramolecular Hbond substituents is 1. The van der Waals surface area contributed by atoms with E-state index in [1.54, 1.807) is 24.3 Å². The molecule has 8 heteroatoms. The number of hydrogen-bond donors (Lipinski definition) is 4. The molecule has 4 N–H and O–H groups in total. The summed E-state index contributed by atoms with van der Waals surface area (Å²) in [4.78, 5) is 11.0. The molecule has 0 aliphatic heterocycles. The zero-order valence-electron chi connectivity index (χ0n) is 13.0. The quantitative estimate of drug-likeness (QED) is 0.487. The van der Waals surface area contributed by atoms with E-state index < -0.39 is 0 Å². The molecule has 0 spiro atoms. The minimum atomic E-state index is -0.139. The number of carbonyl (C=O) groups excluding carboxylic acids is 1. The van der Waals surface area contributed by atoms with Gasteiger partial charge in [-0.1, -0.05) is 11.6 Å². The Kier molecular flexibility index (Phi) is 5.83. The van der Waals surface area contributed by atoms with Gasteiger partial charge >= 0.3 is 0 Å². The number of nitrogens with one attached hydrogen (secondary N) is 3. The van der Waals surface area contributed by atoms with Crippen LogP contribution in [0, 0.1) is 0 Å². The van der Waals surface area contributed by atoms with E-state index in [0.717, 1.165) is 5.69 Å². The first-order chi connectivity index (χ1) is 11.4. The molecular formula is C16H16ClN3O3S. The molecule has 1 amide bonds. The molecule has 2 aromatic carbocycles. The number of ether oxygens (including phenoxy) is 1. The molecule has 0 aliphatic carbocycles. The summed E-state index contributed by atoms with van der Waals surface area (Å²) < 4.78 is 5.02. The average molecular weight is 366 g/mol. The van der Waals surface area contributed by atoms with Gasteiger partial charge in [0, 0.05) is 24.4 Å². The van der Waals surface area contributed by atoms with Gasteiger partial charge < -0.3 is 25.8 Å². The van der Waals surface area contributed by atoms with Crippen molar-refractivity contribution in [1.82, 2.24) is 0 Å². The topological polar surface area (TPSA) is 82.6 Å². The van der Waals surface area contributed by atoms with Crippen molar-refractivity contribution in [1.29, 1.82) is 0 Å². The number of methoxy groups -OCH3 is 1. The second kappa shape index (κ2) is 7.85. The predicted octanol–water partition coefficient (Wildman–Crippen LogP) is 3.82. The molecule has 0 unspecified atom stereocenters. The van der Waals surface area contributed by atoms with Crippen LogP contribution in [0.1, 0.15) is 6.92 Å². The highest BCUT2D eigenvalue weighted by Gasteiger charge is 2.10. The smallest absolute Gasteiger partial charge is 0.221 e. The maximum absolute atomic E-state index is 11.0. The van der Waals surface area contributed by atoms with Crippen LogP contribution in [0.5, 0.6) is 11.5 Å². The minimum absolute atomic E-state index is 0.0404. The molecule has 24 heavy (non-hydrogen) atoms. The Morgan fingerprint density at radius 3 is 2.25 bits per heavy atom. The Labute approximate surface area is 149 Å². The molecule has 0 aliphatic rings. The first-order valence-corrected chi connectivity index (χ1v) is 7.70. The molecule has 0 radical (unpaired) electrons. The van der Waals surface area contributed by atoms with Crippen molar-refractivity contribution in [3.8, 4) is 11.5 Å². The molecule has 0 fully saturated rings. The largest absolute Gasteiger partial charge is 0.506 e. The van der Waals surface area contributed by atoms with E-state index in [0.29, 0.717) is 22.1 Å². The van der Waals surface area contributed by atoms with Crippen molar-refractivity contribution in [2.75, 3.05) is 23.1 Å². The molecule has 0 heterocycles. The van der Waals surface area contributed by atoms with Gasteiger partial charge in [-0.15, -0.1) is 0 Å². The van der Waals surface area contributed by atoms with Gasteiger partial charge in [0.25, 0.3) is 0 Å². The fourth-order valence-corrected chi connectivity index (χ4v) is 2.39. The maximum atomic E-state index is 11.0. The number of halogens is 1. The summed E-state index contributed by atoms with van der Waals surface area (Å²) in [5, 5.41) is 19.1. The summed E-state index contributed by atoms with van der Waals surface area (Å²) in [5.41, 5.74) is 1.76. The number of benzene rings is 2. The van der Waals surface area contributed by atoms with Crippen LogP contribution in [0.25, 0.3) is 0 Å². The van der Waals surface area contributed by atoms with E-state index in [9.17, 15) is 9.90 Å². The highest BCUT2D eigenvalue weighted by Crippen LogP contribution is 2.35. The number of anilines is 3. The highest BCUT2D eigenvalue weighted by atomic mass is 35.5. The normalized spacial score (nSPS) is 9.96. The number of amides is 1. The van der Waals surface area contributed by atoms with Crippen LogP contribution in [0.2, 0.25) is 5.02 Å². The average Bonchev–Trinajstić information content (AvgIpc) is 2.52. The van der Waals surface area contributed by atoms with Gasteiger partial charge in [0.05, 0.1) is 17.8 Å². The van der Waals surface area contributed by atoms with E-state index >= 15 is 0 Å². The Morgan fingerprint density at radius 2 is 1.71 bits per heavy atom. The van der Waals surface area contributed by atoms with Crippen LogP contribution in [-0.2, 0) is 4.79 Å². The van der Waals surface area contributed by atoms with Gasteiger partial charge in [-0.3, -0.25) is 4.79 Å². The summed E-state index contributed by atoms with van der Waals surface area (Å²) >= 11 is 11.2. The second-order valence-corrected chi connectivity index (χ2v) is 5.66. The zero-order valence-corrected chi connectivity index (χ0v) is 14.6. The van der Waals surface area contributed by atoms with Crippen LogP contribution in [-0.4, -0.2) is 23.2 Å². The second-order valence-electron chi connectivity index (χ2n) is 4.84. The predicted molar refractivity (Wildman–Crippen MR) is 100 cm³/mol. The molecule has 126 valence electrons. The van der Waals surface area contributed by atoms with Crippen LogP contribution in [0.4, 0.5) is 17.1 Å². The van der Waals surface area contributed by atoms with E-state index in [-0.39, 0.29) is 16.8 Å². The van der Waals surface area contributed by atoms with Crippen molar-refractivity contribution in [2.45, 2.75) is 6.92 Å². The molecule has 2 rings (SSSR count).